The predicted octanol–water partition coefficient (Wildman–Crippen LogP) is 1.03. The molecule has 1 rings (SSSR count). The first-order valence-corrected chi connectivity index (χ1v) is 6.51. The molecule has 0 aliphatic heterocycles. The summed E-state index contributed by atoms with van der Waals surface area (Å²) in [6.45, 7) is 0.795. The van der Waals surface area contributed by atoms with Crippen LogP contribution in [-0.4, -0.2) is 22.8 Å². The molecule has 0 saturated heterocycles. The number of hydrogen-bond donors (Lipinski definition) is 3. The van der Waals surface area contributed by atoms with Gasteiger partial charge in [-0.1, -0.05) is 0 Å². The fourth-order valence-corrected chi connectivity index (χ4v) is 1.74. The second-order valence-corrected chi connectivity index (χ2v) is 4.96. The molecule has 4 nitrogen and oxygen atoms in total. The Labute approximate surface area is 92.5 Å². The Kier molecular flexibility index (Phi) is 4.42. The molecule has 5 N–H and O–H groups in total. The number of nitrogens with two attached hydrogens (primary N) is 2. The second kappa shape index (κ2) is 5.60. The number of nitrogen functional groups attached to an aromatic ring is 2. The van der Waals surface area contributed by atoms with Crippen molar-refractivity contribution in [3.05, 3.63) is 18.2 Å². The van der Waals surface area contributed by atoms with Gasteiger partial charge in [0.15, 0.2) is 0 Å². The van der Waals surface area contributed by atoms with E-state index >= 15 is 0 Å². The van der Waals surface area contributed by atoms with Crippen LogP contribution in [0, 0.1) is 0 Å². The Morgan fingerprint density at radius 1 is 1.33 bits per heavy atom. The zero-order valence-corrected chi connectivity index (χ0v) is 9.64. The van der Waals surface area contributed by atoms with Crippen LogP contribution in [0.3, 0.4) is 0 Å². The Balaban J connectivity index is 2.38. The molecular formula is C10H17N3OS. The third-order valence-corrected chi connectivity index (χ3v) is 2.89. The van der Waals surface area contributed by atoms with Gasteiger partial charge in [0, 0.05) is 35.0 Å². The third kappa shape index (κ3) is 4.20. The first-order valence-electron chi connectivity index (χ1n) is 4.78. The first-order chi connectivity index (χ1) is 7.09. The van der Waals surface area contributed by atoms with E-state index in [1.165, 1.54) is 0 Å². The summed E-state index contributed by atoms with van der Waals surface area (Å²) in [4.78, 5) is 0. The minimum atomic E-state index is -0.716. The summed E-state index contributed by atoms with van der Waals surface area (Å²) >= 11 is 0. The summed E-state index contributed by atoms with van der Waals surface area (Å²) in [5, 5.41) is 3.20. The van der Waals surface area contributed by atoms with Gasteiger partial charge in [-0.3, -0.25) is 4.21 Å². The van der Waals surface area contributed by atoms with Crippen LogP contribution in [0.15, 0.2) is 18.2 Å². The van der Waals surface area contributed by atoms with Crippen molar-refractivity contribution in [2.45, 2.75) is 6.42 Å². The van der Waals surface area contributed by atoms with E-state index in [9.17, 15) is 4.21 Å². The summed E-state index contributed by atoms with van der Waals surface area (Å²) < 4.78 is 10.8. The van der Waals surface area contributed by atoms with Gasteiger partial charge < -0.3 is 16.8 Å². The monoisotopic (exact) mass is 227 g/mol. The molecule has 1 atom stereocenters. The maximum absolute atomic E-state index is 10.8. The summed E-state index contributed by atoms with van der Waals surface area (Å²) in [6, 6.07) is 5.46. The Morgan fingerprint density at radius 3 is 2.67 bits per heavy atom. The molecule has 0 heterocycles. The molecule has 0 fully saturated rings. The van der Waals surface area contributed by atoms with Crippen LogP contribution in [0.1, 0.15) is 6.42 Å². The van der Waals surface area contributed by atoms with E-state index in [4.69, 9.17) is 11.5 Å². The van der Waals surface area contributed by atoms with Crippen molar-refractivity contribution in [3.63, 3.8) is 0 Å². The zero-order chi connectivity index (χ0) is 11.3. The molecule has 0 aromatic heterocycles. The van der Waals surface area contributed by atoms with E-state index in [1.54, 1.807) is 18.4 Å². The molecule has 0 aliphatic carbocycles. The molecule has 0 saturated carbocycles. The van der Waals surface area contributed by atoms with Gasteiger partial charge in [-0.15, -0.1) is 0 Å². The lowest BCUT2D eigenvalue weighted by Crippen LogP contribution is -2.06. The van der Waals surface area contributed by atoms with Gasteiger partial charge in [0.2, 0.25) is 0 Å². The van der Waals surface area contributed by atoms with Crippen LogP contribution in [0.2, 0.25) is 0 Å². The highest BCUT2D eigenvalue weighted by Gasteiger charge is 1.97. The smallest absolute Gasteiger partial charge is 0.0568 e. The highest BCUT2D eigenvalue weighted by atomic mass is 32.2. The average Bonchev–Trinajstić information content (AvgIpc) is 2.18. The second-order valence-electron chi connectivity index (χ2n) is 3.40. The molecule has 0 aliphatic rings. The Morgan fingerprint density at radius 2 is 2.07 bits per heavy atom. The summed E-state index contributed by atoms with van der Waals surface area (Å²) in [5.74, 6) is 0.720. The number of nitrogens with one attached hydrogen (secondary N) is 1. The number of rotatable bonds is 5. The lowest BCUT2D eigenvalue weighted by molar-refractivity contribution is 0.685. The van der Waals surface area contributed by atoms with Crippen molar-refractivity contribution in [2.24, 2.45) is 0 Å². The number of hydrogen-bond acceptors (Lipinski definition) is 4. The van der Waals surface area contributed by atoms with Gasteiger partial charge in [-0.2, -0.15) is 0 Å². The Bertz CT molecular complexity index is 355. The van der Waals surface area contributed by atoms with E-state index < -0.39 is 10.8 Å². The topological polar surface area (TPSA) is 81.1 Å². The molecule has 0 radical (unpaired) electrons. The highest BCUT2D eigenvalue weighted by molar-refractivity contribution is 7.84. The summed E-state index contributed by atoms with van der Waals surface area (Å²) in [6.07, 6.45) is 2.59. The van der Waals surface area contributed by atoms with Crippen LogP contribution >= 0.6 is 0 Å². The van der Waals surface area contributed by atoms with Crippen molar-refractivity contribution in [1.82, 2.24) is 0 Å². The molecule has 15 heavy (non-hydrogen) atoms. The van der Waals surface area contributed by atoms with Crippen LogP contribution in [0.25, 0.3) is 0 Å². The van der Waals surface area contributed by atoms with Crippen LogP contribution in [0.5, 0.6) is 0 Å². The fourth-order valence-electron chi connectivity index (χ4n) is 1.19. The van der Waals surface area contributed by atoms with Crippen LogP contribution < -0.4 is 16.8 Å². The summed E-state index contributed by atoms with van der Waals surface area (Å²) in [5.41, 5.74) is 13.4. The van der Waals surface area contributed by atoms with Gasteiger partial charge in [0.05, 0.1) is 11.4 Å². The van der Waals surface area contributed by atoms with Crippen molar-refractivity contribution < 1.29 is 4.21 Å². The van der Waals surface area contributed by atoms with Gasteiger partial charge in [-0.25, -0.2) is 0 Å². The lowest BCUT2D eigenvalue weighted by atomic mass is 10.2. The molecule has 0 amide bonds. The van der Waals surface area contributed by atoms with Crippen LogP contribution in [-0.2, 0) is 10.8 Å². The minimum Gasteiger partial charge on any atom is -0.397 e. The van der Waals surface area contributed by atoms with Gasteiger partial charge in [-0.05, 0) is 24.6 Å². The highest BCUT2D eigenvalue weighted by Crippen LogP contribution is 2.19. The van der Waals surface area contributed by atoms with Crippen molar-refractivity contribution >= 4 is 27.9 Å². The summed E-state index contributed by atoms with van der Waals surface area (Å²) in [7, 11) is -0.716. The minimum absolute atomic E-state index is 0.582. The maximum Gasteiger partial charge on any atom is 0.0568 e. The number of benzene rings is 1. The first kappa shape index (κ1) is 11.8. The predicted molar refractivity (Wildman–Crippen MR) is 67.3 cm³/mol. The van der Waals surface area contributed by atoms with Crippen molar-refractivity contribution in [2.75, 3.05) is 35.3 Å². The van der Waals surface area contributed by atoms with E-state index in [2.05, 4.69) is 5.32 Å². The Hall–Kier alpha value is -1.23. The fraction of sp³-hybridized carbons (Fsp3) is 0.400. The molecule has 1 aromatic carbocycles. The largest absolute Gasteiger partial charge is 0.397 e. The molecule has 5 heteroatoms. The van der Waals surface area contributed by atoms with E-state index in [0.29, 0.717) is 11.4 Å². The molecular weight excluding hydrogens is 210 g/mol. The molecule has 0 bridgehead atoms. The van der Waals surface area contributed by atoms with Crippen LogP contribution in [0.4, 0.5) is 17.1 Å². The maximum atomic E-state index is 10.8. The normalized spacial score (nSPS) is 12.3. The zero-order valence-electron chi connectivity index (χ0n) is 8.82. The SMILES string of the molecule is CS(=O)CCCNc1ccc(N)c(N)c1. The van der Waals surface area contributed by atoms with Crippen molar-refractivity contribution in [1.29, 1.82) is 0 Å². The molecule has 1 aromatic rings. The van der Waals surface area contributed by atoms with Gasteiger partial charge in [0.1, 0.15) is 0 Å². The van der Waals surface area contributed by atoms with E-state index in [-0.39, 0.29) is 0 Å². The lowest BCUT2D eigenvalue weighted by Gasteiger charge is -2.07. The molecule has 84 valence electrons. The van der Waals surface area contributed by atoms with Gasteiger partial charge >= 0.3 is 0 Å². The van der Waals surface area contributed by atoms with E-state index in [0.717, 1.165) is 24.4 Å². The van der Waals surface area contributed by atoms with Gasteiger partial charge in [0.25, 0.3) is 0 Å². The standard InChI is InChI=1S/C10H17N3OS/c1-15(14)6-2-5-13-8-3-4-9(11)10(12)7-8/h3-4,7,13H,2,5-6,11-12H2,1H3. The quantitative estimate of drug-likeness (QED) is 0.518. The molecule has 0 spiro atoms. The van der Waals surface area contributed by atoms with Crippen molar-refractivity contribution in [3.8, 4) is 0 Å². The van der Waals surface area contributed by atoms with E-state index in [1.807, 2.05) is 6.07 Å². The average molecular weight is 227 g/mol. The number of anilines is 3. The molecule has 1 unspecified atom stereocenters. The third-order valence-electron chi connectivity index (χ3n) is 2.02.